The third-order valence-electron chi connectivity index (χ3n) is 8.43. The fraction of sp³-hybridized carbons (Fsp3) is 0.500. The zero-order valence-electron chi connectivity index (χ0n) is 21.9. The predicted molar refractivity (Wildman–Crippen MR) is 143 cm³/mol. The fourth-order valence-electron chi connectivity index (χ4n) is 6.32. The average Bonchev–Trinajstić information content (AvgIpc) is 3.20. The minimum atomic E-state index is -0.988. The van der Waals surface area contributed by atoms with Crippen molar-refractivity contribution in [2.45, 2.75) is 64.7 Å². The van der Waals surface area contributed by atoms with Crippen LogP contribution >= 0.6 is 0 Å². The van der Waals surface area contributed by atoms with Crippen LogP contribution in [0.25, 0.3) is 22.2 Å². The summed E-state index contributed by atoms with van der Waals surface area (Å²) in [4.78, 5) is 16.5. The molecule has 3 aromatic rings. The Morgan fingerprint density at radius 1 is 1.11 bits per heavy atom. The summed E-state index contributed by atoms with van der Waals surface area (Å²) in [5, 5.41) is 10.6. The van der Waals surface area contributed by atoms with Crippen LogP contribution in [0, 0.1) is 5.82 Å². The van der Waals surface area contributed by atoms with Crippen molar-refractivity contribution < 1.29 is 18.7 Å². The summed E-state index contributed by atoms with van der Waals surface area (Å²) in [6.07, 6.45) is 2.14. The van der Waals surface area contributed by atoms with Crippen LogP contribution in [0.3, 0.4) is 0 Å². The average molecular weight is 510 g/mol. The molecule has 1 saturated carbocycles. The van der Waals surface area contributed by atoms with Crippen LogP contribution in [0.1, 0.15) is 66.9 Å². The maximum atomic E-state index is 15.5. The van der Waals surface area contributed by atoms with Crippen molar-refractivity contribution in [3.05, 3.63) is 58.9 Å². The first kappa shape index (κ1) is 25.9. The molecule has 1 N–H and O–H groups in total. The van der Waals surface area contributed by atoms with Gasteiger partial charge in [0.2, 0.25) is 0 Å². The molecule has 1 aliphatic carbocycles. The highest BCUT2D eigenvalue weighted by Crippen LogP contribution is 2.46. The van der Waals surface area contributed by atoms with E-state index in [-0.39, 0.29) is 17.3 Å². The van der Waals surface area contributed by atoms with Gasteiger partial charge in [0.25, 0.3) is 0 Å². The van der Waals surface area contributed by atoms with Crippen molar-refractivity contribution in [2.75, 3.05) is 32.7 Å². The molecule has 1 aliphatic heterocycles. The van der Waals surface area contributed by atoms with Gasteiger partial charge in [-0.3, -0.25) is 4.90 Å². The molecule has 7 heteroatoms. The lowest BCUT2D eigenvalue weighted by Crippen LogP contribution is -2.37. The molecule has 2 atom stereocenters. The molecule has 0 radical (unpaired) electrons. The quantitative estimate of drug-likeness (QED) is 0.406. The van der Waals surface area contributed by atoms with Crippen molar-refractivity contribution in [1.82, 2.24) is 14.4 Å². The number of hydrogen-bond acceptors (Lipinski definition) is 3. The summed E-state index contributed by atoms with van der Waals surface area (Å²) in [5.74, 6) is -1.52. The molecule has 1 aromatic heterocycles. The lowest BCUT2D eigenvalue weighted by atomic mass is 9.80. The van der Waals surface area contributed by atoms with Gasteiger partial charge in [-0.25, -0.2) is 13.6 Å². The van der Waals surface area contributed by atoms with Crippen LogP contribution in [0.5, 0.6) is 0 Å². The molecule has 5 nitrogen and oxygen atoms in total. The van der Waals surface area contributed by atoms with E-state index in [0.717, 1.165) is 73.2 Å². The number of nitrogens with zero attached hydrogens (tertiary/aromatic N) is 3. The molecule has 0 saturated heterocycles. The Balaban J connectivity index is 1.70. The van der Waals surface area contributed by atoms with Crippen LogP contribution in [0.15, 0.2) is 36.4 Å². The highest BCUT2D eigenvalue weighted by Gasteiger charge is 2.34. The first-order valence-corrected chi connectivity index (χ1v) is 13.7. The molecule has 0 unspecified atom stereocenters. The maximum Gasteiger partial charge on any atom is 0.335 e. The Labute approximate surface area is 217 Å². The molecule has 37 heavy (non-hydrogen) atoms. The van der Waals surface area contributed by atoms with Gasteiger partial charge in [-0.05, 0) is 49.7 Å². The highest BCUT2D eigenvalue weighted by molar-refractivity contribution is 5.98. The third kappa shape index (κ3) is 4.91. The summed E-state index contributed by atoms with van der Waals surface area (Å²) in [7, 11) is 0. The van der Waals surface area contributed by atoms with Gasteiger partial charge in [0.15, 0.2) is 0 Å². The predicted octanol–water partition coefficient (Wildman–Crippen LogP) is 6.30. The van der Waals surface area contributed by atoms with Crippen LogP contribution in [-0.4, -0.2) is 64.3 Å². The number of aromatic nitrogens is 1. The number of rotatable bonds is 7. The van der Waals surface area contributed by atoms with E-state index in [9.17, 15) is 9.90 Å². The normalized spacial score (nSPS) is 20.5. The van der Waals surface area contributed by atoms with Crippen molar-refractivity contribution >= 4 is 16.9 Å². The van der Waals surface area contributed by atoms with Crippen LogP contribution in [0.4, 0.5) is 8.78 Å². The van der Waals surface area contributed by atoms with Gasteiger partial charge in [0, 0.05) is 60.7 Å². The summed E-state index contributed by atoms with van der Waals surface area (Å²) >= 11 is 0. The number of fused-ring (bicyclic) bond motifs is 5. The van der Waals surface area contributed by atoms with E-state index in [1.165, 1.54) is 6.07 Å². The second-order valence-electron chi connectivity index (χ2n) is 10.4. The van der Waals surface area contributed by atoms with Crippen LogP contribution in [0.2, 0.25) is 0 Å². The molecule has 0 amide bonds. The van der Waals surface area contributed by atoms with Crippen LogP contribution < -0.4 is 0 Å². The van der Waals surface area contributed by atoms with Gasteiger partial charge in [-0.1, -0.05) is 44.9 Å². The zero-order valence-corrected chi connectivity index (χ0v) is 21.9. The van der Waals surface area contributed by atoms with Crippen molar-refractivity contribution in [1.29, 1.82) is 0 Å². The molecule has 198 valence electrons. The minimum absolute atomic E-state index is 0.208. The first-order valence-electron chi connectivity index (χ1n) is 13.7. The molecule has 0 bridgehead atoms. The fourth-order valence-corrected chi connectivity index (χ4v) is 6.32. The Bertz CT molecular complexity index is 1280. The standard InChI is InChI=1S/C30H37F2N3O2/c1-3-33(4-2)14-15-34-16-17-35-27-18-20(30(36)37)12-13-23(27)28(22-8-5-6-10-25(22)31)29(35)21-9-7-11-26(32)24(21)19-34/h7,9,11-13,18,22,25H,3-6,8,10,14-17,19H2,1-2H3,(H,36,37)/t22-,25-/m1/s1. The van der Waals surface area contributed by atoms with Crippen molar-refractivity contribution in [2.24, 2.45) is 0 Å². The molecule has 2 aliphatic rings. The summed E-state index contributed by atoms with van der Waals surface area (Å²) in [5.41, 5.74) is 4.22. The third-order valence-corrected chi connectivity index (χ3v) is 8.43. The van der Waals surface area contributed by atoms with E-state index in [2.05, 4.69) is 28.2 Å². The Morgan fingerprint density at radius 3 is 2.62 bits per heavy atom. The molecule has 1 fully saturated rings. The topological polar surface area (TPSA) is 48.7 Å². The number of likely N-dealkylation sites (N-methyl/N-ethyl adjacent to an activating group) is 1. The molecule has 2 heterocycles. The number of carbonyl (C=O) groups is 1. The molecule has 5 rings (SSSR count). The Hall–Kier alpha value is -2.77. The van der Waals surface area contributed by atoms with Gasteiger partial charge in [-0.15, -0.1) is 0 Å². The number of carboxylic acids is 1. The lowest BCUT2D eigenvalue weighted by molar-refractivity contribution is 0.0697. The number of halogens is 2. The van der Waals surface area contributed by atoms with E-state index in [0.29, 0.717) is 31.6 Å². The van der Waals surface area contributed by atoms with Crippen molar-refractivity contribution in [3.63, 3.8) is 0 Å². The number of hydrogen-bond donors (Lipinski definition) is 1. The van der Waals surface area contributed by atoms with E-state index in [4.69, 9.17) is 0 Å². The number of carboxylic acid groups (broad SMARTS) is 1. The zero-order chi connectivity index (χ0) is 26.1. The lowest BCUT2D eigenvalue weighted by Gasteiger charge is -2.31. The summed E-state index contributed by atoms with van der Waals surface area (Å²) < 4.78 is 33.1. The molecular weight excluding hydrogens is 472 g/mol. The van der Waals surface area contributed by atoms with E-state index in [1.807, 2.05) is 12.1 Å². The SMILES string of the molecule is CCN(CC)CCN1CCn2c(c([C@@H]3CCCC[C@H]3F)c3ccc(C(=O)O)cc32)-c2cccc(F)c2C1. The maximum absolute atomic E-state index is 15.5. The van der Waals surface area contributed by atoms with E-state index in [1.54, 1.807) is 18.2 Å². The Morgan fingerprint density at radius 2 is 1.89 bits per heavy atom. The summed E-state index contributed by atoms with van der Waals surface area (Å²) in [6, 6.07) is 10.4. The van der Waals surface area contributed by atoms with Gasteiger partial charge in [0.05, 0.1) is 11.3 Å². The molecule has 0 spiro atoms. The van der Waals surface area contributed by atoms with Crippen LogP contribution in [-0.2, 0) is 13.1 Å². The van der Waals surface area contributed by atoms with Gasteiger partial charge < -0.3 is 14.6 Å². The number of aromatic carboxylic acids is 1. The van der Waals surface area contributed by atoms with E-state index >= 15 is 8.78 Å². The number of benzene rings is 2. The first-order chi connectivity index (χ1) is 17.9. The second-order valence-corrected chi connectivity index (χ2v) is 10.4. The minimum Gasteiger partial charge on any atom is -0.478 e. The molecular formula is C30H37F2N3O2. The van der Waals surface area contributed by atoms with Gasteiger partial charge in [-0.2, -0.15) is 0 Å². The molecule has 2 aromatic carbocycles. The monoisotopic (exact) mass is 509 g/mol. The second kappa shape index (κ2) is 10.9. The van der Waals surface area contributed by atoms with Gasteiger partial charge in [0.1, 0.15) is 12.0 Å². The highest BCUT2D eigenvalue weighted by atomic mass is 19.1. The van der Waals surface area contributed by atoms with Gasteiger partial charge >= 0.3 is 5.97 Å². The van der Waals surface area contributed by atoms with E-state index < -0.39 is 12.1 Å². The largest absolute Gasteiger partial charge is 0.478 e. The Kier molecular flexibility index (Phi) is 7.63. The summed E-state index contributed by atoms with van der Waals surface area (Å²) in [6.45, 7) is 9.77. The van der Waals surface area contributed by atoms with Crippen molar-refractivity contribution in [3.8, 4) is 11.3 Å². The number of alkyl halides is 1. The smallest absolute Gasteiger partial charge is 0.335 e.